The van der Waals surface area contributed by atoms with Gasteiger partial charge in [-0.2, -0.15) is 8.78 Å². The molecule has 11 heteroatoms. The summed E-state index contributed by atoms with van der Waals surface area (Å²) >= 11 is 3.17. The molecule has 0 bridgehead atoms. The molecule has 3 heterocycles. The zero-order chi connectivity index (χ0) is 26.1. The number of alkyl halides is 2. The number of halogens is 3. The number of amides is 3. The summed E-state index contributed by atoms with van der Waals surface area (Å²) in [5.74, 6) is 0.170. The number of carbonyl (C=O) groups is 2. The monoisotopic (exact) mass is 555 g/mol. The smallest absolute Gasteiger partial charge is 0.387 e. The summed E-state index contributed by atoms with van der Waals surface area (Å²) in [6, 6.07) is 4.21. The van der Waals surface area contributed by atoms with Gasteiger partial charge < -0.3 is 9.64 Å². The summed E-state index contributed by atoms with van der Waals surface area (Å²) in [4.78, 5) is 37.1. The van der Waals surface area contributed by atoms with E-state index in [0.29, 0.717) is 36.2 Å². The summed E-state index contributed by atoms with van der Waals surface area (Å²) in [5, 5.41) is 2.62. The van der Waals surface area contributed by atoms with Crippen molar-refractivity contribution in [2.75, 3.05) is 23.3 Å². The second-order valence-corrected chi connectivity index (χ2v) is 8.90. The van der Waals surface area contributed by atoms with Gasteiger partial charge in [0.1, 0.15) is 5.82 Å². The van der Waals surface area contributed by atoms with Gasteiger partial charge in [-0.3, -0.25) is 15.0 Å². The predicted octanol–water partition coefficient (Wildman–Crippen LogP) is 6.04. The first-order valence-electron chi connectivity index (χ1n) is 11.6. The fraction of sp³-hybridized carbons (Fsp3) is 0.500. The van der Waals surface area contributed by atoms with Crippen LogP contribution in [0.25, 0.3) is 0 Å². The lowest BCUT2D eigenvalue weighted by Crippen LogP contribution is -2.50. The van der Waals surface area contributed by atoms with E-state index in [1.807, 2.05) is 33.8 Å². The SMILES string of the molecule is CC.CC(=O)N1CCC(N(C(=O)Nc2ncc(Br)cc2OC(F)F)c2ncccc2C(C)C)CC1. The molecule has 0 unspecified atom stereocenters. The molecule has 0 atom stereocenters. The van der Waals surface area contributed by atoms with Crippen molar-refractivity contribution in [3.05, 3.63) is 40.6 Å². The number of hydrogen-bond acceptors (Lipinski definition) is 5. The summed E-state index contributed by atoms with van der Waals surface area (Å²) in [5.41, 5.74) is 0.870. The molecule has 35 heavy (non-hydrogen) atoms. The Morgan fingerprint density at radius 2 is 1.89 bits per heavy atom. The molecular weight excluding hydrogens is 524 g/mol. The number of anilines is 2. The van der Waals surface area contributed by atoms with E-state index in [4.69, 9.17) is 0 Å². The lowest BCUT2D eigenvalue weighted by atomic mass is 9.99. The van der Waals surface area contributed by atoms with Gasteiger partial charge >= 0.3 is 12.6 Å². The Morgan fingerprint density at radius 3 is 2.46 bits per heavy atom. The predicted molar refractivity (Wildman–Crippen MR) is 135 cm³/mol. The topological polar surface area (TPSA) is 87.7 Å². The van der Waals surface area contributed by atoms with Crippen LogP contribution in [0.4, 0.5) is 25.2 Å². The third-order valence-electron chi connectivity index (χ3n) is 5.42. The fourth-order valence-electron chi connectivity index (χ4n) is 3.80. The van der Waals surface area contributed by atoms with Crippen molar-refractivity contribution >= 4 is 39.5 Å². The average Bonchev–Trinajstić information content (AvgIpc) is 2.82. The summed E-state index contributed by atoms with van der Waals surface area (Å²) in [6.07, 6.45) is 4.09. The molecule has 3 amide bonds. The lowest BCUT2D eigenvalue weighted by Gasteiger charge is -2.38. The van der Waals surface area contributed by atoms with Crippen molar-refractivity contribution in [1.29, 1.82) is 0 Å². The number of ether oxygens (including phenoxy) is 1. The molecule has 3 rings (SSSR count). The molecule has 8 nitrogen and oxygen atoms in total. The third kappa shape index (κ3) is 7.58. The number of pyridine rings is 2. The number of piperidine rings is 1. The van der Waals surface area contributed by atoms with Gasteiger partial charge in [-0.05, 0) is 46.3 Å². The van der Waals surface area contributed by atoms with Crippen LogP contribution in [0.5, 0.6) is 5.75 Å². The molecule has 1 aliphatic heterocycles. The summed E-state index contributed by atoms with van der Waals surface area (Å²) < 4.78 is 30.8. The minimum Gasteiger partial charge on any atom is -0.431 e. The first-order valence-corrected chi connectivity index (χ1v) is 12.4. The number of nitrogens with one attached hydrogen (secondary N) is 1. The number of likely N-dealkylation sites (tertiary alicyclic amines) is 1. The Labute approximate surface area is 213 Å². The lowest BCUT2D eigenvalue weighted by molar-refractivity contribution is -0.129. The van der Waals surface area contributed by atoms with E-state index in [-0.39, 0.29) is 29.4 Å². The van der Waals surface area contributed by atoms with Crippen molar-refractivity contribution in [1.82, 2.24) is 14.9 Å². The maximum atomic E-state index is 13.5. The van der Waals surface area contributed by atoms with Crippen molar-refractivity contribution < 1.29 is 23.1 Å². The Balaban J connectivity index is 0.00000210. The van der Waals surface area contributed by atoms with Crippen LogP contribution in [-0.2, 0) is 4.79 Å². The molecule has 0 aromatic carbocycles. The summed E-state index contributed by atoms with van der Waals surface area (Å²) in [6.45, 7) is 7.45. The molecule has 1 fully saturated rings. The maximum absolute atomic E-state index is 13.5. The van der Waals surface area contributed by atoms with Gasteiger partial charge in [0.25, 0.3) is 0 Å². The number of urea groups is 1. The van der Waals surface area contributed by atoms with Crippen LogP contribution in [-0.4, -0.2) is 52.5 Å². The molecule has 0 spiro atoms. The van der Waals surface area contributed by atoms with Gasteiger partial charge in [0.2, 0.25) is 5.91 Å². The van der Waals surface area contributed by atoms with Crippen LogP contribution in [0.2, 0.25) is 0 Å². The molecule has 0 radical (unpaired) electrons. The number of nitrogens with zero attached hydrogens (tertiary/aromatic N) is 4. The Bertz CT molecular complexity index is 1000. The molecule has 1 aliphatic rings. The van der Waals surface area contributed by atoms with Crippen LogP contribution in [0, 0.1) is 0 Å². The molecule has 0 aliphatic carbocycles. The van der Waals surface area contributed by atoms with Gasteiger partial charge in [0, 0.05) is 49.0 Å². The normalized spacial score (nSPS) is 13.8. The first-order chi connectivity index (χ1) is 16.7. The summed E-state index contributed by atoms with van der Waals surface area (Å²) in [7, 11) is 0. The molecular formula is C24H32BrF2N5O3. The highest BCUT2D eigenvalue weighted by molar-refractivity contribution is 9.10. The van der Waals surface area contributed by atoms with E-state index in [1.54, 1.807) is 22.1 Å². The molecule has 1 saturated heterocycles. The maximum Gasteiger partial charge on any atom is 0.387 e. The Kier molecular flexibility index (Phi) is 10.8. The van der Waals surface area contributed by atoms with Crippen molar-refractivity contribution in [2.24, 2.45) is 0 Å². The second-order valence-electron chi connectivity index (χ2n) is 7.99. The Hall–Kier alpha value is -2.82. The van der Waals surface area contributed by atoms with Crippen molar-refractivity contribution in [3.63, 3.8) is 0 Å². The van der Waals surface area contributed by atoms with Gasteiger partial charge in [0.05, 0.1) is 0 Å². The second kappa shape index (κ2) is 13.3. The van der Waals surface area contributed by atoms with Gasteiger partial charge in [0.15, 0.2) is 11.6 Å². The highest BCUT2D eigenvalue weighted by atomic mass is 79.9. The van der Waals surface area contributed by atoms with E-state index < -0.39 is 12.6 Å². The minimum absolute atomic E-state index is 0.0157. The van der Waals surface area contributed by atoms with Crippen LogP contribution in [0.15, 0.2) is 35.1 Å². The molecule has 192 valence electrons. The zero-order valence-electron chi connectivity index (χ0n) is 20.6. The number of rotatable bonds is 6. The Morgan fingerprint density at radius 1 is 1.23 bits per heavy atom. The first kappa shape index (κ1) is 28.4. The van der Waals surface area contributed by atoms with Gasteiger partial charge in [-0.1, -0.05) is 33.8 Å². The molecule has 1 N–H and O–H groups in total. The quantitative estimate of drug-likeness (QED) is 0.469. The van der Waals surface area contributed by atoms with E-state index in [0.717, 1.165) is 5.56 Å². The van der Waals surface area contributed by atoms with Crippen LogP contribution in [0.3, 0.4) is 0 Å². The van der Waals surface area contributed by atoms with E-state index in [9.17, 15) is 18.4 Å². The van der Waals surface area contributed by atoms with E-state index in [1.165, 1.54) is 19.2 Å². The molecule has 2 aromatic rings. The van der Waals surface area contributed by atoms with Gasteiger partial charge in [-0.15, -0.1) is 0 Å². The van der Waals surface area contributed by atoms with Crippen LogP contribution >= 0.6 is 15.9 Å². The third-order valence-corrected chi connectivity index (χ3v) is 5.86. The standard InChI is InChI=1S/C22H26BrF2N5O3.C2H6/c1-13(2)17-5-4-8-26-20(17)30(16-6-9-29(10-7-16)14(3)31)22(32)28-19-18(33-21(24)25)11-15(23)12-27-19;1-2/h4-5,8,11-13,16,21H,6-7,9-10H2,1-3H3,(H,27,28,32);1-2H3. The highest BCUT2D eigenvalue weighted by Gasteiger charge is 2.33. The van der Waals surface area contributed by atoms with E-state index in [2.05, 4.69) is 36.0 Å². The number of carbonyl (C=O) groups excluding carboxylic acids is 2. The zero-order valence-corrected chi connectivity index (χ0v) is 22.2. The van der Waals surface area contributed by atoms with E-state index >= 15 is 0 Å². The van der Waals surface area contributed by atoms with Crippen molar-refractivity contribution in [3.8, 4) is 5.75 Å². The van der Waals surface area contributed by atoms with Crippen LogP contribution < -0.4 is 15.0 Å². The fourth-order valence-corrected chi connectivity index (χ4v) is 4.11. The average molecular weight is 556 g/mol. The highest BCUT2D eigenvalue weighted by Crippen LogP contribution is 2.32. The molecule has 2 aromatic heterocycles. The minimum atomic E-state index is -3.08. The van der Waals surface area contributed by atoms with Crippen molar-refractivity contribution in [2.45, 2.75) is 66.0 Å². The van der Waals surface area contributed by atoms with Gasteiger partial charge in [-0.25, -0.2) is 14.8 Å². The van der Waals surface area contributed by atoms with Crippen LogP contribution in [0.1, 0.15) is 58.9 Å². The largest absolute Gasteiger partial charge is 0.431 e. The number of aromatic nitrogens is 2. The number of hydrogen-bond donors (Lipinski definition) is 1. The molecule has 0 saturated carbocycles.